The van der Waals surface area contributed by atoms with Crippen LogP contribution in [0.5, 0.6) is 0 Å². The molecule has 10 rings (SSSR count). The van der Waals surface area contributed by atoms with Gasteiger partial charge in [-0.05, 0) is 42.0 Å². The van der Waals surface area contributed by atoms with Gasteiger partial charge in [0, 0.05) is 49.5 Å². The predicted molar refractivity (Wildman–Crippen MR) is 192 cm³/mol. The number of fused-ring (bicyclic) bond motifs is 10. The molecular weight excluding hydrogens is 574 g/mol. The van der Waals surface area contributed by atoms with E-state index in [1.807, 2.05) is 18.2 Å². The first kappa shape index (κ1) is 26.2. The summed E-state index contributed by atoms with van der Waals surface area (Å²) in [4.78, 5) is 10.6. The summed E-state index contributed by atoms with van der Waals surface area (Å²) >= 11 is 0. The number of furan rings is 1. The lowest BCUT2D eigenvalue weighted by Gasteiger charge is -2.23. The summed E-state index contributed by atoms with van der Waals surface area (Å²) in [5, 5.41) is 4.61. The van der Waals surface area contributed by atoms with Gasteiger partial charge in [0.15, 0.2) is 5.82 Å². The summed E-state index contributed by atoms with van der Waals surface area (Å²) < 4.78 is 9.29. The number of hydrogen-bond donors (Lipinski definition) is 0. The number of benzene rings is 6. The van der Waals surface area contributed by atoms with Gasteiger partial charge in [0.2, 0.25) is 0 Å². The average Bonchev–Trinajstić information content (AvgIpc) is 3.74. The molecule has 0 aliphatic heterocycles. The number of para-hydroxylation sites is 3. The summed E-state index contributed by atoms with van der Waals surface area (Å²) in [7, 11) is 0. The minimum Gasteiger partial charge on any atom is -0.455 e. The smallest absolute Gasteiger partial charge is 0.160 e. The molecule has 47 heavy (non-hydrogen) atoms. The van der Waals surface area contributed by atoms with E-state index in [1.54, 1.807) is 0 Å². The molecule has 3 heterocycles. The van der Waals surface area contributed by atoms with Crippen LogP contribution in [0.15, 0.2) is 144 Å². The van der Waals surface area contributed by atoms with Gasteiger partial charge < -0.3 is 8.98 Å². The van der Waals surface area contributed by atoms with Gasteiger partial charge in [-0.3, -0.25) is 0 Å². The van der Waals surface area contributed by atoms with Crippen LogP contribution in [0.2, 0.25) is 0 Å². The van der Waals surface area contributed by atoms with Gasteiger partial charge in [-0.15, -0.1) is 0 Å². The molecule has 0 bridgehead atoms. The number of nitrogens with zero attached hydrogens (tertiary/aromatic N) is 3. The molecule has 0 spiro atoms. The van der Waals surface area contributed by atoms with Gasteiger partial charge in [-0.2, -0.15) is 0 Å². The van der Waals surface area contributed by atoms with Crippen LogP contribution in [-0.4, -0.2) is 14.5 Å². The van der Waals surface area contributed by atoms with Crippen molar-refractivity contribution in [3.05, 3.63) is 151 Å². The molecule has 9 aromatic rings. The molecule has 4 heteroatoms. The zero-order chi connectivity index (χ0) is 31.3. The molecule has 1 aliphatic rings. The van der Waals surface area contributed by atoms with Crippen LogP contribution in [0.4, 0.5) is 0 Å². The highest BCUT2D eigenvalue weighted by Crippen LogP contribution is 2.52. The van der Waals surface area contributed by atoms with Gasteiger partial charge >= 0.3 is 0 Å². The topological polar surface area (TPSA) is 43.9 Å². The Balaban J connectivity index is 1.33. The highest BCUT2D eigenvalue weighted by Gasteiger charge is 2.40. The maximum Gasteiger partial charge on any atom is 0.160 e. The van der Waals surface area contributed by atoms with Crippen LogP contribution in [0, 0.1) is 0 Å². The molecule has 0 unspecified atom stereocenters. The van der Waals surface area contributed by atoms with Crippen molar-refractivity contribution >= 4 is 43.7 Å². The van der Waals surface area contributed by atoms with Crippen LogP contribution in [0.1, 0.15) is 25.0 Å². The summed E-state index contributed by atoms with van der Waals surface area (Å²) in [5.41, 5.74) is 12.3. The normalized spacial score (nSPS) is 13.5. The lowest BCUT2D eigenvalue weighted by Crippen LogP contribution is -2.17. The fourth-order valence-corrected chi connectivity index (χ4v) is 7.90. The van der Waals surface area contributed by atoms with Gasteiger partial charge in [0.1, 0.15) is 11.2 Å². The SMILES string of the molecule is CC1(C)c2ccccc2-c2nc(-c3ccccc3)nc(-c3cccc4c3oc3ccc5c6ccccc6n(-c6ccccc6)c5c34)c21. The van der Waals surface area contributed by atoms with Crippen molar-refractivity contribution in [3.8, 4) is 39.6 Å². The second-order valence-electron chi connectivity index (χ2n) is 13.0. The molecule has 0 atom stereocenters. The molecular formula is C43H29N3O. The van der Waals surface area contributed by atoms with Crippen LogP contribution in [0.25, 0.3) is 83.3 Å². The minimum absolute atomic E-state index is 0.294. The maximum absolute atomic E-state index is 6.91. The standard InChI is InChI=1S/C43H29N3O/c1-43(2)33-22-11-9-19-30(33)38-37(43)39(45-42(44-38)26-14-5-3-6-15-26)32-21-13-20-31-36-35(47-41(31)32)25-24-29-28-18-10-12-23-34(28)46(40(29)36)27-16-7-4-8-17-27/h3-25H,1-2H3. The van der Waals surface area contributed by atoms with Crippen molar-refractivity contribution in [2.24, 2.45) is 0 Å². The molecule has 0 saturated heterocycles. The van der Waals surface area contributed by atoms with Crippen LogP contribution < -0.4 is 0 Å². The van der Waals surface area contributed by atoms with Crippen molar-refractivity contribution in [1.82, 2.24) is 14.5 Å². The highest BCUT2D eigenvalue weighted by atomic mass is 16.3. The monoisotopic (exact) mass is 603 g/mol. The Morgan fingerprint density at radius 3 is 2.06 bits per heavy atom. The Kier molecular flexibility index (Phi) is 5.31. The largest absolute Gasteiger partial charge is 0.455 e. The zero-order valence-electron chi connectivity index (χ0n) is 26.0. The van der Waals surface area contributed by atoms with E-state index < -0.39 is 0 Å². The highest BCUT2D eigenvalue weighted by molar-refractivity contribution is 6.25. The molecule has 0 fully saturated rings. The first-order valence-electron chi connectivity index (χ1n) is 16.1. The average molecular weight is 604 g/mol. The maximum atomic E-state index is 6.91. The molecule has 0 amide bonds. The first-order chi connectivity index (χ1) is 23.1. The molecule has 4 nitrogen and oxygen atoms in total. The van der Waals surface area contributed by atoms with E-state index in [0.717, 1.165) is 61.2 Å². The Labute approximate surface area is 271 Å². The molecule has 0 N–H and O–H groups in total. The van der Waals surface area contributed by atoms with Crippen molar-refractivity contribution in [3.63, 3.8) is 0 Å². The van der Waals surface area contributed by atoms with E-state index in [4.69, 9.17) is 14.4 Å². The first-order valence-corrected chi connectivity index (χ1v) is 16.1. The Hall–Kier alpha value is -6.00. The number of aromatic nitrogens is 3. The summed E-state index contributed by atoms with van der Waals surface area (Å²) in [5.74, 6) is 0.714. The zero-order valence-corrected chi connectivity index (χ0v) is 26.0. The lowest BCUT2D eigenvalue weighted by molar-refractivity contribution is 0.655. The van der Waals surface area contributed by atoms with Gasteiger partial charge in [0.25, 0.3) is 0 Å². The van der Waals surface area contributed by atoms with E-state index in [2.05, 4.69) is 140 Å². The summed E-state index contributed by atoms with van der Waals surface area (Å²) in [6, 6.07) is 49.0. The fraction of sp³-hybridized carbons (Fsp3) is 0.0698. The summed E-state index contributed by atoms with van der Waals surface area (Å²) in [6.07, 6.45) is 0. The van der Waals surface area contributed by atoms with Crippen molar-refractivity contribution in [2.75, 3.05) is 0 Å². The predicted octanol–water partition coefficient (Wildman–Crippen LogP) is 11.1. The number of rotatable bonds is 3. The Bertz CT molecular complexity index is 2700. The molecule has 0 saturated carbocycles. The Morgan fingerprint density at radius 2 is 1.23 bits per heavy atom. The van der Waals surface area contributed by atoms with Gasteiger partial charge in [-0.1, -0.05) is 117 Å². The molecule has 0 radical (unpaired) electrons. The Morgan fingerprint density at radius 1 is 0.574 bits per heavy atom. The van der Waals surface area contributed by atoms with Gasteiger partial charge in [0.05, 0.1) is 27.8 Å². The van der Waals surface area contributed by atoms with Crippen LogP contribution >= 0.6 is 0 Å². The lowest BCUT2D eigenvalue weighted by atomic mass is 9.80. The second-order valence-corrected chi connectivity index (χ2v) is 13.0. The van der Waals surface area contributed by atoms with E-state index in [0.29, 0.717) is 5.82 Å². The third kappa shape index (κ3) is 3.58. The van der Waals surface area contributed by atoms with Gasteiger partial charge in [-0.25, -0.2) is 9.97 Å². The third-order valence-corrected chi connectivity index (χ3v) is 9.99. The van der Waals surface area contributed by atoms with Crippen molar-refractivity contribution in [2.45, 2.75) is 19.3 Å². The quantitative estimate of drug-likeness (QED) is 0.202. The molecule has 1 aliphatic carbocycles. The van der Waals surface area contributed by atoms with E-state index >= 15 is 0 Å². The summed E-state index contributed by atoms with van der Waals surface area (Å²) in [6.45, 7) is 4.57. The van der Waals surface area contributed by atoms with Crippen molar-refractivity contribution < 1.29 is 4.42 Å². The number of hydrogen-bond acceptors (Lipinski definition) is 3. The molecule has 3 aromatic heterocycles. The van der Waals surface area contributed by atoms with Crippen LogP contribution in [0.3, 0.4) is 0 Å². The fourth-order valence-electron chi connectivity index (χ4n) is 7.90. The molecule has 6 aromatic carbocycles. The third-order valence-electron chi connectivity index (χ3n) is 9.99. The molecule has 222 valence electrons. The second kappa shape index (κ2) is 9.51. The van der Waals surface area contributed by atoms with Crippen LogP contribution in [-0.2, 0) is 5.41 Å². The van der Waals surface area contributed by atoms with E-state index in [1.165, 1.54) is 27.4 Å². The van der Waals surface area contributed by atoms with Crippen molar-refractivity contribution in [1.29, 1.82) is 0 Å². The minimum atomic E-state index is -0.294. The van der Waals surface area contributed by atoms with E-state index in [-0.39, 0.29) is 5.41 Å². The van der Waals surface area contributed by atoms with E-state index in [9.17, 15) is 0 Å².